The molecule has 0 heterocycles. The molecule has 2 aromatic rings. The van der Waals surface area contributed by atoms with E-state index in [1.54, 1.807) is 0 Å². The highest BCUT2D eigenvalue weighted by atomic mass is 16.6. The molecule has 0 bridgehead atoms. The minimum Gasteiger partial charge on any atom is -0.480 e. The molecule has 0 fully saturated rings. The number of carbonyl (C=O) groups excluding carboxylic acids is 3. The van der Waals surface area contributed by atoms with E-state index < -0.39 is 17.2 Å². The van der Waals surface area contributed by atoms with Crippen molar-refractivity contribution in [3.05, 3.63) is 70.8 Å². The fraction of sp³-hybridized carbons (Fsp3) is 0.556. The van der Waals surface area contributed by atoms with Gasteiger partial charge >= 0.3 is 17.9 Å². The molecule has 48 heavy (non-hydrogen) atoms. The van der Waals surface area contributed by atoms with Gasteiger partial charge in [-0.3, -0.25) is 14.4 Å². The Morgan fingerprint density at radius 3 is 1.44 bits per heavy atom. The lowest BCUT2D eigenvalue weighted by Crippen LogP contribution is -2.27. The van der Waals surface area contributed by atoms with E-state index in [1.165, 1.54) is 0 Å². The Bertz CT molecular complexity index is 1230. The van der Waals surface area contributed by atoms with E-state index in [2.05, 4.69) is 5.32 Å². The van der Waals surface area contributed by atoms with E-state index in [9.17, 15) is 19.2 Å². The molecular weight excluding hydrogens is 620 g/mol. The molecule has 4 N–H and O–H groups in total. The predicted molar refractivity (Wildman–Crippen MR) is 181 cm³/mol. The molecule has 2 aromatic carbocycles. The second-order valence-corrected chi connectivity index (χ2v) is 12.9. The Hall–Kier alpha value is -3.84. The molecule has 1 amide bonds. The average molecular weight is 675 g/mol. The van der Waals surface area contributed by atoms with Crippen LogP contribution in [0.2, 0.25) is 0 Å². The number of esters is 2. The third-order valence-electron chi connectivity index (χ3n) is 6.05. The normalized spacial score (nSPS) is 11.2. The van der Waals surface area contributed by atoms with Gasteiger partial charge in [0.05, 0.1) is 26.4 Å². The number of benzene rings is 2. The van der Waals surface area contributed by atoms with E-state index in [0.717, 1.165) is 22.3 Å². The van der Waals surface area contributed by atoms with Crippen molar-refractivity contribution in [2.75, 3.05) is 39.6 Å². The molecule has 268 valence electrons. The van der Waals surface area contributed by atoms with Crippen LogP contribution in [-0.4, -0.2) is 79.8 Å². The Kier molecular flexibility index (Phi) is 19.9. The Morgan fingerprint density at radius 1 is 0.625 bits per heavy atom. The van der Waals surface area contributed by atoms with E-state index in [-0.39, 0.29) is 57.5 Å². The summed E-state index contributed by atoms with van der Waals surface area (Å²) in [5.74, 6) is -1.64. The van der Waals surface area contributed by atoms with Gasteiger partial charge in [0, 0.05) is 25.9 Å². The van der Waals surface area contributed by atoms with Gasteiger partial charge < -0.3 is 39.8 Å². The van der Waals surface area contributed by atoms with Crippen molar-refractivity contribution >= 4 is 23.8 Å². The maximum atomic E-state index is 11.8. The summed E-state index contributed by atoms with van der Waals surface area (Å²) in [6.07, 6.45) is 2.05. The zero-order valence-corrected chi connectivity index (χ0v) is 29.3. The van der Waals surface area contributed by atoms with Crippen LogP contribution in [0.15, 0.2) is 48.5 Å². The van der Waals surface area contributed by atoms with Crippen molar-refractivity contribution in [1.82, 2.24) is 5.32 Å². The molecule has 0 atom stereocenters. The molecule has 0 aliphatic rings. The molecular formula is C36H54N2O10. The summed E-state index contributed by atoms with van der Waals surface area (Å²) in [5, 5.41) is 11.2. The molecule has 0 aliphatic heterocycles. The van der Waals surface area contributed by atoms with Crippen LogP contribution in [0.5, 0.6) is 0 Å². The van der Waals surface area contributed by atoms with Crippen molar-refractivity contribution in [1.29, 1.82) is 0 Å². The molecule has 0 unspecified atom stereocenters. The second-order valence-electron chi connectivity index (χ2n) is 12.9. The first-order valence-corrected chi connectivity index (χ1v) is 16.1. The van der Waals surface area contributed by atoms with Crippen molar-refractivity contribution in [3.8, 4) is 0 Å². The number of carboxylic acid groups (broad SMARTS) is 1. The minimum absolute atomic E-state index is 0.0765. The van der Waals surface area contributed by atoms with Gasteiger partial charge in [-0.15, -0.1) is 0 Å². The first-order valence-electron chi connectivity index (χ1n) is 16.1. The molecule has 0 saturated carbocycles. The van der Waals surface area contributed by atoms with E-state index in [4.69, 9.17) is 34.5 Å². The van der Waals surface area contributed by atoms with Crippen molar-refractivity contribution in [2.24, 2.45) is 5.73 Å². The van der Waals surface area contributed by atoms with Gasteiger partial charge in [0.25, 0.3) is 0 Å². The van der Waals surface area contributed by atoms with Crippen LogP contribution >= 0.6 is 0 Å². The maximum absolute atomic E-state index is 11.8. The van der Waals surface area contributed by atoms with Crippen molar-refractivity contribution in [3.63, 3.8) is 0 Å². The highest BCUT2D eigenvalue weighted by molar-refractivity contribution is 5.77. The molecule has 12 heteroatoms. The fourth-order valence-electron chi connectivity index (χ4n) is 3.86. The second kappa shape index (κ2) is 22.7. The van der Waals surface area contributed by atoms with Crippen LogP contribution < -0.4 is 11.1 Å². The molecule has 0 spiro atoms. The number of nitrogens with one attached hydrogen (secondary N) is 1. The summed E-state index contributed by atoms with van der Waals surface area (Å²) >= 11 is 0. The lowest BCUT2D eigenvalue weighted by molar-refractivity contribution is -0.155. The fourth-order valence-corrected chi connectivity index (χ4v) is 3.86. The van der Waals surface area contributed by atoms with Crippen molar-refractivity contribution < 1.29 is 48.0 Å². The standard InChI is InChI=1S/C22H33NO8.C14H21NO2/c1-22(2,3)31-21(27)9-8-17-4-6-18(7-5-17)14-23-19(24)15-29-12-10-28-11-13-30-16-20(25)26;1-14(2,3)17-13(16)9-8-11-4-6-12(10-15)7-5-11/h4-7H,8-16H2,1-3H3,(H,23,24)(H,25,26);4-7H,8-10,15H2,1-3H3. The smallest absolute Gasteiger partial charge is 0.329 e. The summed E-state index contributed by atoms with van der Waals surface area (Å²) in [5.41, 5.74) is 8.84. The topological polar surface area (TPSA) is 173 Å². The summed E-state index contributed by atoms with van der Waals surface area (Å²) < 4.78 is 25.8. The zero-order valence-electron chi connectivity index (χ0n) is 29.3. The molecule has 0 radical (unpaired) electrons. The molecule has 2 rings (SSSR count). The van der Waals surface area contributed by atoms with E-state index in [0.29, 0.717) is 38.8 Å². The predicted octanol–water partition coefficient (Wildman–Crippen LogP) is 4.13. The lowest BCUT2D eigenvalue weighted by Gasteiger charge is -2.19. The Balaban J connectivity index is 0.000000569. The SMILES string of the molecule is CC(C)(C)OC(=O)CCc1ccc(CN)cc1.CC(C)(C)OC(=O)CCc1ccc(CNC(=O)COCCOCCOCC(=O)O)cc1. The first-order chi connectivity index (χ1) is 22.6. The Labute approximate surface area is 284 Å². The van der Waals surface area contributed by atoms with Gasteiger partial charge in [-0.2, -0.15) is 0 Å². The van der Waals surface area contributed by atoms with Crippen LogP contribution in [0.1, 0.15) is 76.6 Å². The highest BCUT2D eigenvalue weighted by Crippen LogP contribution is 2.13. The molecule has 0 saturated heterocycles. The van der Waals surface area contributed by atoms with Crippen LogP contribution in [0, 0.1) is 0 Å². The number of hydrogen-bond donors (Lipinski definition) is 3. The summed E-state index contributed by atoms with van der Waals surface area (Å²) in [4.78, 5) is 45.3. The quantitative estimate of drug-likeness (QED) is 0.144. The van der Waals surface area contributed by atoms with Gasteiger partial charge in [0.15, 0.2) is 0 Å². The number of aliphatic carboxylic acids is 1. The minimum atomic E-state index is -1.02. The number of rotatable bonds is 19. The first kappa shape index (κ1) is 42.2. The number of amides is 1. The van der Waals surface area contributed by atoms with Crippen LogP contribution in [0.3, 0.4) is 0 Å². The van der Waals surface area contributed by atoms with E-state index >= 15 is 0 Å². The number of carboxylic acids is 1. The average Bonchev–Trinajstić information content (AvgIpc) is 3.00. The third-order valence-corrected chi connectivity index (χ3v) is 6.05. The Morgan fingerprint density at radius 2 is 1.02 bits per heavy atom. The number of aryl methyl sites for hydroxylation is 2. The van der Waals surface area contributed by atoms with Gasteiger partial charge in [0.1, 0.15) is 24.4 Å². The zero-order chi connectivity index (χ0) is 36.0. The number of ether oxygens (including phenoxy) is 5. The molecule has 12 nitrogen and oxygen atoms in total. The van der Waals surface area contributed by atoms with Gasteiger partial charge in [-0.05, 0) is 76.6 Å². The summed E-state index contributed by atoms with van der Waals surface area (Å²) in [6, 6.07) is 15.7. The van der Waals surface area contributed by atoms with E-state index in [1.807, 2.05) is 90.1 Å². The molecule has 0 aliphatic carbocycles. The largest absolute Gasteiger partial charge is 0.480 e. The van der Waals surface area contributed by atoms with Gasteiger partial charge in [-0.1, -0.05) is 48.5 Å². The van der Waals surface area contributed by atoms with Gasteiger partial charge in [-0.25, -0.2) is 4.79 Å². The number of nitrogens with two attached hydrogens (primary N) is 1. The number of hydrogen-bond acceptors (Lipinski definition) is 10. The van der Waals surface area contributed by atoms with Crippen LogP contribution in [-0.2, 0) is 68.8 Å². The van der Waals surface area contributed by atoms with Crippen LogP contribution in [0.4, 0.5) is 0 Å². The lowest BCUT2D eigenvalue weighted by atomic mass is 10.1. The summed E-state index contributed by atoms with van der Waals surface area (Å²) in [6.45, 7) is 12.6. The molecule has 0 aromatic heterocycles. The van der Waals surface area contributed by atoms with Gasteiger partial charge in [0.2, 0.25) is 5.91 Å². The number of carbonyl (C=O) groups is 4. The monoisotopic (exact) mass is 674 g/mol. The van der Waals surface area contributed by atoms with Crippen molar-refractivity contribution in [2.45, 2.75) is 91.5 Å². The summed E-state index contributed by atoms with van der Waals surface area (Å²) in [7, 11) is 0. The van der Waals surface area contributed by atoms with Crippen LogP contribution in [0.25, 0.3) is 0 Å². The maximum Gasteiger partial charge on any atom is 0.329 e. The highest BCUT2D eigenvalue weighted by Gasteiger charge is 2.17. The third kappa shape index (κ3) is 23.5.